The number of nitrogens with zero attached hydrogens (tertiary/aromatic N) is 3. The molecule has 24 heavy (non-hydrogen) atoms. The molecule has 0 spiro atoms. The van der Waals surface area contributed by atoms with Crippen LogP contribution in [-0.2, 0) is 12.2 Å². The average Bonchev–Trinajstić information content (AvgIpc) is 2.86. The Morgan fingerprint density at radius 2 is 1.88 bits per heavy atom. The molecular formula is C19H25N3OS. The van der Waals surface area contributed by atoms with E-state index >= 15 is 0 Å². The number of hydrogen-bond acceptors (Lipinski definition) is 4. The van der Waals surface area contributed by atoms with Gasteiger partial charge in [-0.2, -0.15) is 0 Å². The minimum atomic E-state index is -0.0802. The van der Waals surface area contributed by atoms with Crippen LogP contribution in [0.15, 0.2) is 34.9 Å². The maximum atomic E-state index is 5.91. The summed E-state index contributed by atoms with van der Waals surface area (Å²) < 4.78 is 5.91. The molecule has 0 unspecified atom stereocenters. The number of thiol groups is 1. The fourth-order valence-electron chi connectivity index (χ4n) is 2.65. The minimum absolute atomic E-state index is 0.0802. The van der Waals surface area contributed by atoms with E-state index < -0.39 is 0 Å². The Bertz CT molecular complexity index is 849. The summed E-state index contributed by atoms with van der Waals surface area (Å²) in [5.74, 6) is 2.59. The van der Waals surface area contributed by atoms with Crippen molar-refractivity contribution in [3.63, 3.8) is 0 Å². The Hall–Kier alpha value is -1.88. The van der Waals surface area contributed by atoms with E-state index in [9.17, 15) is 0 Å². The first kappa shape index (κ1) is 17.0. The normalized spacial score (nSPS) is 12.6. The van der Waals surface area contributed by atoms with Crippen molar-refractivity contribution in [2.24, 2.45) is 5.41 Å². The number of rotatable bonds is 4. The Labute approximate surface area is 146 Å². The largest absolute Gasteiger partial charge is 0.440 e. The Balaban J connectivity index is 2.03. The highest BCUT2D eigenvalue weighted by Crippen LogP contribution is 2.30. The SMILES string of the molecule is C[SH](C)Cc1nc2c(-c3ccnc(CC(C)(C)C)n3)cccc2o1. The predicted octanol–water partition coefficient (Wildman–Crippen LogP) is 4.63. The van der Waals surface area contributed by atoms with Crippen molar-refractivity contribution < 1.29 is 4.42 Å². The molecule has 0 saturated heterocycles. The summed E-state index contributed by atoms with van der Waals surface area (Å²) >= 11 is 0. The molecule has 0 amide bonds. The van der Waals surface area contributed by atoms with Gasteiger partial charge in [-0.25, -0.2) is 15.0 Å². The van der Waals surface area contributed by atoms with Crippen LogP contribution in [0.4, 0.5) is 0 Å². The molecule has 0 aliphatic rings. The Morgan fingerprint density at radius 3 is 2.58 bits per heavy atom. The van der Waals surface area contributed by atoms with Crippen LogP contribution in [0.5, 0.6) is 0 Å². The van der Waals surface area contributed by atoms with Crippen LogP contribution in [0.25, 0.3) is 22.4 Å². The van der Waals surface area contributed by atoms with Crippen molar-refractivity contribution in [3.8, 4) is 11.3 Å². The molecule has 0 aliphatic heterocycles. The Kier molecular flexibility index (Phi) is 4.63. The maximum absolute atomic E-state index is 5.91. The van der Waals surface area contributed by atoms with Crippen molar-refractivity contribution >= 4 is 22.0 Å². The summed E-state index contributed by atoms with van der Waals surface area (Å²) in [4.78, 5) is 13.9. The zero-order valence-corrected chi connectivity index (χ0v) is 15.9. The molecule has 1 aromatic carbocycles. The number of benzene rings is 1. The molecule has 0 atom stereocenters. The van der Waals surface area contributed by atoms with Gasteiger partial charge in [-0.15, -0.1) is 0 Å². The van der Waals surface area contributed by atoms with E-state index in [2.05, 4.69) is 44.3 Å². The first-order valence-corrected chi connectivity index (χ1v) is 10.6. The molecule has 5 heteroatoms. The standard InChI is InChI=1S/C19H25N3OS/c1-19(2,3)11-16-20-10-9-14(21-16)13-7-6-8-15-18(13)22-17(23-15)12-24(4)5/h6-10,24H,11-12H2,1-5H3. The van der Waals surface area contributed by atoms with Crippen molar-refractivity contribution in [3.05, 3.63) is 42.2 Å². The highest BCUT2D eigenvalue weighted by molar-refractivity contribution is 8.15. The molecule has 0 saturated carbocycles. The van der Waals surface area contributed by atoms with Gasteiger partial charge in [0.25, 0.3) is 0 Å². The first-order chi connectivity index (χ1) is 11.3. The van der Waals surface area contributed by atoms with E-state index in [0.29, 0.717) is 0 Å². The molecular weight excluding hydrogens is 318 g/mol. The van der Waals surface area contributed by atoms with E-state index in [1.165, 1.54) is 0 Å². The van der Waals surface area contributed by atoms with Gasteiger partial charge in [0.1, 0.15) is 11.3 Å². The molecule has 4 nitrogen and oxygen atoms in total. The maximum Gasteiger partial charge on any atom is 0.203 e. The third kappa shape index (κ3) is 3.96. The molecule has 2 aromatic heterocycles. The van der Waals surface area contributed by atoms with Gasteiger partial charge in [0.05, 0.1) is 11.4 Å². The Morgan fingerprint density at radius 1 is 1.08 bits per heavy atom. The van der Waals surface area contributed by atoms with Gasteiger partial charge in [-0.05, 0) is 30.1 Å². The van der Waals surface area contributed by atoms with Crippen molar-refractivity contribution in [2.45, 2.75) is 32.9 Å². The van der Waals surface area contributed by atoms with E-state index in [4.69, 9.17) is 14.4 Å². The lowest BCUT2D eigenvalue weighted by Crippen LogP contribution is -2.12. The quantitative estimate of drug-likeness (QED) is 0.702. The molecule has 0 N–H and O–H groups in total. The van der Waals surface area contributed by atoms with Crippen LogP contribution < -0.4 is 0 Å². The van der Waals surface area contributed by atoms with Crippen LogP contribution in [0, 0.1) is 5.41 Å². The van der Waals surface area contributed by atoms with Gasteiger partial charge >= 0.3 is 0 Å². The van der Waals surface area contributed by atoms with E-state index in [0.717, 1.165) is 46.2 Å². The van der Waals surface area contributed by atoms with E-state index in [1.807, 2.05) is 24.4 Å². The van der Waals surface area contributed by atoms with Gasteiger partial charge in [0.2, 0.25) is 5.89 Å². The fourth-order valence-corrected chi connectivity index (χ4v) is 3.32. The average molecular weight is 343 g/mol. The smallest absolute Gasteiger partial charge is 0.203 e. The molecule has 0 fully saturated rings. The topological polar surface area (TPSA) is 51.8 Å². The fraction of sp³-hybridized carbons (Fsp3) is 0.421. The number of aromatic nitrogens is 3. The summed E-state index contributed by atoms with van der Waals surface area (Å²) in [6.07, 6.45) is 7.14. The molecule has 0 bridgehead atoms. The zero-order chi connectivity index (χ0) is 17.3. The van der Waals surface area contributed by atoms with Crippen molar-refractivity contribution in [2.75, 3.05) is 12.5 Å². The van der Waals surface area contributed by atoms with Crippen LogP contribution in [0.3, 0.4) is 0 Å². The van der Waals surface area contributed by atoms with Gasteiger partial charge < -0.3 is 4.42 Å². The van der Waals surface area contributed by atoms with Crippen LogP contribution in [0.2, 0.25) is 0 Å². The molecule has 3 aromatic rings. The summed E-state index contributed by atoms with van der Waals surface area (Å²) in [6.45, 7) is 6.59. The predicted molar refractivity (Wildman–Crippen MR) is 103 cm³/mol. The third-order valence-electron chi connectivity index (χ3n) is 3.58. The zero-order valence-electron chi connectivity index (χ0n) is 15.0. The van der Waals surface area contributed by atoms with Gasteiger partial charge in [0, 0.05) is 18.2 Å². The van der Waals surface area contributed by atoms with Gasteiger partial charge in [0.15, 0.2) is 5.58 Å². The van der Waals surface area contributed by atoms with Crippen LogP contribution in [-0.4, -0.2) is 27.5 Å². The summed E-state index contributed by atoms with van der Waals surface area (Å²) in [6, 6.07) is 7.97. The molecule has 2 heterocycles. The van der Waals surface area contributed by atoms with E-state index in [-0.39, 0.29) is 16.3 Å². The van der Waals surface area contributed by atoms with Crippen molar-refractivity contribution in [1.29, 1.82) is 0 Å². The molecule has 128 valence electrons. The van der Waals surface area contributed by atoms with Gasteiger partial charge in [-0.1, -0.05) is 32.9 Å². The first-order valence-electron chi connectivity index (χ1n) is 8.17. The number of hydrogen-bond donors (Lipinski definition) is 1. The minimum Gasteiger partial charge on any atom is -0.440 e. The second-order valence-corrected chi connectivity index (χ2v) is 10.1. The number of oxazole rings is 1. The summed E-state index contributed by atoms with van der Waals surface area (Å²) in [5, 5.41) is 0. The third-order valence-corrected chi connectivity index (χ3v) is 4.49. The molecule has 0 radical (unpaired) electrons. The lowest BCUT2D eigenvalue weighted by molar-refractivity contribution is 0.401. The number of fused-ring (bicyclic) bond motifs is 1. The molecule has 3 rings (SSSR count). The summed E-state index contributed by atoms with van der Waals surface area (Å²) in [7, 11) is -0.0802. The highest BCUT2D eigenvalue weighted by Gasteiger charge is 2.16. The lowest BCUT2D eigenvalue weighted by atomic mass is 9.92. The second-order valence-electron chi connectivity index (χ2n) is 7.59. The van der Waals surface area contributed by atoms with Gasteiger partial charge in [-0.3, -0.25) is 10.9 Å². The molecule has 0 aliphatic carbocycles. The number of para-hydroxylation sites is 1. The highest BCUT2D eigenvalue weighted by atomic mass is 32.2. The van der Waals surface area contributed by atoms with E-state index in [1.54, 1.807) is 0 Å². The van der Waals surface area contributed by atoms with Crippen LogP contribution >= 0.6 is 10.9 Å². The second kappa shape index (κ2) is 6.55. The monoisotopic (exact) mass is 343 g/mol. The summed E-state index contributed by atoms with van der Waals surface area (Å²) in [5.41, 5.74) is 3.80. The lowest BCUT2D eigenvalue weighted by Gasteiger charge is -2.16. The van der Waals surface area contributed by atoms with Crippen LogP contribution in [0.1, 0.15) is 32.5 Å². The van der Waals surface area contributed by atoms with Crippen molar-refractivity contribution in [1.82, 2.24) is 15.0 Å².